The summed E-state index contributed by atoms with van der Waals surface area (Å²) in [6.07, 6.45) is 0.897. The quantitative estimate of drug-likeness (QED) is 0.900. The first kappa shape index (κ1) is 15.9. The molecule has 2 aliphatic rings. The van der Waals surface area contributed by atoms with Crippen LogP contribution in [0.3, 0.4) is 0 Å². The molecule has 2 aliphatic heterocycles. The molecule has 25 heavy (non-hydrogen) atoms. The Bertz CT molecular complexity index is 777. The minimum atomic E-state index is 0.232. The van der Waals surface area contributed by atoms with Crippen molar-refractivity contribution in [2.75, 3.05) is 27.6 Å². The van der Waals surface area contributed by atoms with Crippen molar-refractivity contribution >= 4 is 0 Å². The van der Waals surface area contributed by atoms with Gasteiger partial charge in [-0.1, -0.05) is 12.1 Å². The number of methoxy groups -OCH3 is 2. The molecule has 4 rings (SSSR count). The predicted octanol–water partition coefficient (Wildman–Crippen LogP) is 2.53. The molecule has 6 nitrogen and oxygen atoms in total. The van der Waals surface area contributed by atoms with Gasteiger partial charge in [-0.3, -0.25) is 0 Å². The third-order valence-electron chi connectivity index (χ3n) is 4.49. The molecule has 0 fully saturated rings. The lowest BCUT2D eigenvalue weighted by molar-refractivity contribution is 0.171. The molecular formula is C19H21NO5. The largest absolute Gasteiger partial charge is 0.493 e. The Morgan fingerprint density at radius 3 is 2.76 bits per heavy atom. The highest BCUT2D eigenvalue weighted by Gasteiger charge is 2.23. The Kier molecular flexibility index (Phi) is 4.28. The summed E-state index contributed by atoms with van der Waals surface area (Å²) in [4.78, 5) is 0. The van der Waals surface area contributed by atoms with Gasteiger partial charge in [0.1, 0.15) is 6.61 Å². The first-order chi connectivity index (χ1) is 12.3. The Hall–Kier alpha value is -2.60. The predicted molar refractivity (Wildman–Crippen MR) is 91.9 cm³/mol. The monoisotopic (exact) mass is 343 g/mol. The van der Waals surface area contributed by atoms with Crippen molar-refractivity contribution in [2.24, 2.45) is 0 Å². The highest BCUT2D eigenvalue weighted by molar-refractivity contribution is 5.55. The number of benzene rings is 2. The summed E-state index contributed by atoms with van der Waals surface area (Å²) in [5, 5.41) is 3.54. The van der Waals surface area contributed by atoms with Gasteiger partial charge in [0.2, 0.25) is 12.5 Å². The van der Waals surface area contributed by atoms with Gasteiger partial charge in [0.15, 0.2) is 23.0 Å². The fourth-order valence-corrected chi connectivity index (χ4v) is 3.23. The number of ether oxygens (including phenoxy) is 5. The molecule has 0 bridgehead atoms. The van der Waals surface area contributed by atoms with Crippen LogP contribution in [0, 0.1) is 0 Å². The van der Waals surface area contributed by atoms with E-state index in [0.29, 0.717) is 24.7 Å². The summed E-state index contributed by atoms with van der Waals surface area (Å²) in [6, 6.07) is 10.2. The van der Waals surface area contributed by atoms with Crippen LogP contribution >= 0.6 is 0 Å². The van der Waals surface area contributed by atoms with Crippen molar-refractivity contribution in [1.29, 1.82) is 0 Å². The van der Waals surface area contributed by atoms with E-state index < -0.39 is 0 Å². The van der Waals surface area contributed by atoms with Crippen LogP contribution in [0.1, 0.15) is 11.1 Å². The molecule has 1 atom stereocenters. The number of para-hydroxylation sites is 1. The van der Waals surface area contributed by atoms with E-state index in [0.717, 1.165) is 34.8 Å². The molecule has 0 radical (unpaired) electrons. The minimum absolute atomic E-state index is 0.232. The van der Waals surface area contributed by atoms with Crippen LogP contribution in [-0.2, 0) is 13.0 Å². The molecule has 0 aromatic heterocycles. The van der Waals surface area contributed by atoms with Crippen LogP contribution in [-0.4, -0.2) is 33.7 Å². The summed E-state index contributed by atoms with van der Waals surface area (Å²) in [5.74, 6) is 3.74. The fourth-order valence-electron chi connectivity index (χ4n) is 3.23. The highest BCUT2D eigenvalue weighted by Crippen LogP contribution is 2.42. The van der Waals surface area contributed by atoms with Crippen molar-refractivity contribution in [3.8, 4) is 28.7 Å². The molecule has 0 saturated carbocycles. The summed E-state index contributed by atoms with van der Waals surface area (Å²) < 4.78 is 27.6. The summed E-state index contributed by atoms with van der Waals surface area (Å²) in [5.41, 5.74) is 2.24. The molecule has 0 amide bonds. The van der Waals surface area contributed by atoms with Crippen molar-refractivity contribution < 1.29 is 23.7 Å². The molecule has 0 saturated heterocycles. The first-order valence-electron chi connectivity index (χ1n) is 8.27. The molecule has 6 heteroatoms. The van der Waals surface area contributed by atoms with E-state index in [2.05, 4.69) is 11.4 Å². The summed E-state index contributed by atoms with van der Waals surface area (Å²) in [7, 11) is 3.30. The highest BCUT2D eigenvalue weighted by atomic mass is 16.7. The van der Waals surface area contributed by atoms with E-state index >= 15 is 0 Å². The molecule has 1 N–H and O–H groups in total. The van der Waals surface area contributed by atoms with Gasteiger partial charge in [0, 0.05) is 12.6 Å². The second kappa shape index (κ2) is 6.72. The SMILES string of the molecule is COc1cccc2c1OCC(NCc1cc(OC)c3c(c1)OCO3)C2. The van der Waals surface area contributed by atoms with E-state index in [1.165, 1.54) is 0 Å². The molecule has 132 valence electrons. The Morgan fingerprint density at radius 2 is 1.92 bits per heavy atom. The van der Waals surface area contributed by atoms with Crippen LogP contribution < -0.4 is 29.0 Å². The maximum Gasteiger partial charge on any atom is 0.231 e. The maximum absolute atomic E-state index is 5.91. The van der Waals surface area contributed by atoms with Gasteiger partial charge < -0.3 is 29.0 Å². The van der Waals surface area contributed by atoms with Gasteiger partial charge >= 0.3 is 0 Å². The van der Waals surface area contributed by atoms with Crippen LogP contribution in [0.2, 0.25) is 0 Å². The van der Waals surface area contributed by atoms with Crippen LogP contribution in [0.25, 0.3) is 0 Å². The normalized spacial score (nSPS) is 17.6. The second-order valence-corrected chi connectivity index (χ2v) is 6.07. The summed E-state index contributed by atoms with van der Waals surface area (Å²) in [6.45, 7) is 1.53. The zero-order valence-electron chi connectivity index (χ0n) is 14.3. The average molecular weight is 343 g/mol. The Morgan fingerprint density at radius 1 is 1.04 bits per heavy atom. The lowest BCUT2D eigenvalue weighted by Gasteiger charge is -2.27. The number of hydrogen-bond donors (Lipinski definition) is 1. The topological polar surface area (TPSA) is 58.2 Å². The smallest absolute Gasteiger partial charge is 0.231 e. The van der Waals surface area contributed by atoms with Crippen molar-refractivity contribution in [3.63, 3.8) is 0 Å². The maximum atomic E-state index is 5.91. The van der Waals surface area contributed by atoms with E-state index in [1.54, 1.807) is 14.2 Å². The number of fused-ring (bicyclic) bond motifs is 2. The molecule has 2 aromatic carbocycles. The van der Waals surface area contributed by atoms with Crippen LogP contribution in [0.15, 0.2) is 30.3 Å². The average Bonchev–Trinajstić information content (AvgIpc) is 3.13. The van der Waals surface area contributed by atoms with Gasteiger partial charge in [-0.2, -0.15) is 0 Å². The molecule has 2 heterocycles. The molecule has 0 spiro atoms. The third-order valence-corrected chi connectivity index (χ3v) is 4.49. The standard InChI is InChI=1S/C19H21NO5/c1-21-15-5-3-4-13-8-14(10-23-18(13)15)20-9-12-6-16(22-2)19-17(7-12)24-11-25-19/h3-7,14,20H,8-11H2,1-2H3. The Balaban J connectivity index is 1.44. The zero-order valence-corrected chi connectivity index (χ0v) is 14.3. The van der Waals surface area contributed by atoms with Crippen molar-refractivity contribution in [3.05, 3.63) is 41.5 Å². The van der Waals surface area contributed by atoms with E-state index in [-0.39, 0.29) is 12.8 Å². The lowest BCUT2D eigenvalue weighted by Crippen LogP contribution is -2.38. The molecule has 2 aromatic rings. The Labute approximate surface area is 146 Å². The third kappa shape index (κ3) is 3.05. The van der Waals surface area contributed by atoms with Gasteiger partial charge in [0.25, 0.3) is 0 Å². The minimum Gasteiger partial charge on any atom is -0.493 e. The first-order valence-corrected chi connectivity index (χ1v) is 8.27. The molecular weight excluding hydrogens is 322 g/mol. The van der Waals surface area contributed by atoms with Crippen molar-refractivity contribution in [2.45, 2.75) is 19.0 Å². The van der Waals surface area contributed by atoms with Gasteiger partial charge in [0.05, 0.1) is 14.2 Å². The lowest BCUT2D eigenvalue weighted by atomic mass is 10.0. The second-order valence-electron chi connectivity index (χ2n) is 6.07. The molecule has 0 aliphatic carbocycles. The van der Waals surface area contributed by atoms with Crippen molar-refractivity contribution in [1.82, 2.24) is 5.32 Å². The summed E-state index contributed by atoms with van der Waals surface area (Å²) >= 11 is 0. The number of nitrogens with one attached hydrogen (secondary N) is 1. The van der Waals surface area contributed by atoms with E-state index in [9.17, 15) is 0 Å². The number of rotatable bonds is 5. The molecule has 1 unspecified atom stereocenters. The number of hydrogen-bond acceptors (Lipinski definition) is 6. The van der Waals surface area contributed by atoms with Gasteiger partial charge in [-0.15, -0.1) is 0 Å². The van der Waals surface area contributed by atoms with Gasteiger partial charge in [-0.05, 0) is 35.7 Å². The van der Waals surface area contributed by atoms with E-state index in [1.807, 2.05) is 24.3 Å². The fraction of sp³-hybridized carbons (Fsp3) is 0.368. The van der Waals surface area contributed by atoms with E-state index in [4.69, 9.17) is 23.7 Å². The van der Waals surface area contributed by atoms with Crippen LogP contribution in [0.4, 0.5) is 0 Å². The van der Waals surface area contributed by atoms with Crippen LogP contribution in [0.5, 0.6) is 28.7 Å². The van der Waals surface area contributed by atoms with Gasteiger partial charge in [-0.25, -0.2) is 0 Å². The zero-order chi connectivity index (χ0) is 17.2.